The first-order valence-electron chi connectivity index (χ1n) is 6.14. The van der Waals surface area contributed by atoms with Gasteiger partial charge in [0.2, 0.25) is 5.95 Å². The van der Waals surface area contributed by atoms with Crippen LogP contribution in [0.15, 0.2) is 35.1 Å². The van der Waals surface area contributed by atoms with Crippen LogP contribution >= 0.6 is 27.5 Å². The molecule has 3 N–H and O–H groups in total. The Morgan fingerprint density at radius 2 is 2.00 bits per heavy atom. The van der Waals surface area contributed by atoms with Crippen LogP contribution in [0.5, 0.6) is 0 Å². The summed E-state index contributed by atoms with van der Waals surface area (Å²) >= 11 is 9.71. The fourth-order valence-electron chi connectivity index (χ4n) is 2.01. The van der Waals surface area contributed by atoms with Crippen molar-refractivity contribution in [2.45, 2.75) is 6.92 Å². The molecule has 0 aliphatic rings. The van der Waals surface area contributed by atoms with Crippen molar-refractivity contribution < 1.29 is 0 Å². The van der Waals surface area contributed by atoms with E-state index in [2.05, 4.69) is 35.9 Å². The molecule has 0 unspecified atom stereocenters. The van der Waals surface area contributed by atoms with Gasteiger partial charge in [0.1, 0.15) is 5.82 Å². The molecule has 0 aliphatic carbocycles. The molecular weight excluding hydrogens is 354 g/mol. The molecule has 0 atom stereocenters. The number of hydrogen-bond donors (Lipinski definition) is 2. The highest BCUT2D eigenvalue weighted by molar-refractivity contribution is 9.10. The molecule has 0 fully saturated rings. The third kappa shape index (κ3) is 2.77. The number of nitrogens with one attached hydrogen (secondary N) is 1. The van der Waals surface area contributed by atoms with Gasteiger partial charge in [-0.3, -0.25) is 0 Å². The molecule has 3 rings (SSSR count). The van der Waals surface area contributed by atoms with Crippen LogP contribution in [0.4, 0.5) is 5.95 Å². The summed E-state index contributed by atoms with van der Waals surface area (Å²) in [5, 5.41) is 0.576. The maximum absolute atomic E-state index is 6.32. The summed E-state index contributed by atoms with van der Waals surface area (Å²) in [6.45, 7) is 1.93. The summed E-state index contributed by atoms with van der Waals surface area (Å²) < 4.78 is 0.897. The minimum absolute atomic E-state index is 0.191. The quantitative estimate of drug-likeness (QED) is 0.724. The number of aromatic nitrogens is 4. The van der Waals surface area contributed by atoms with E-state index in [0.717, 1.165) is 21.3 Å². The maximum atomic E-state index is 6.32. The second-order valence-corrected chi connectivity index (χ2v) is 5.85. The Hall–Kier alpha value is -1.92. The van der Waals surface area contributed by atoms with Crippen molar-refractivity contribution in [1.29, 1.82) is 0 Å². The van der Waals surface area contributed by atoms with Gasteiger partial charge >= 0.3 is 0 Å². The predicted octanol–water partition coefficient (Wildman–Crippen LogP) is 3.84. The van der Waals surface area contributed by atoms with Gasteiger partial charge in [-0.15, -0.1) is 0 Å². The number of nitrogens with two attached hydrogens (primary N) is 1. The molecule has 0 radical (unpaired) electrons. The van der Waals surface area contributed by atoms with Crippen molar-refractivity contribution in [3.05, 3.63) is 45.8 Å². The van der Waals surface area contributed by atoms with Crippen molar-refractivity contribution in [3.8, 4) is 22.6 Å². The molecule has 0 spiro atoms. The standard InChI is InChI=1S/C14H11BrClN5/c1-7-5-18-13(20-7)10-6-19-14(17)21-12(10)9-3-2-8(15)4-11(9)16/h2-6H,1H3,(H,18,20)(H2,17,19,21). The molecule has 0 amide bonds. The van der Waals surface area contributed by atoms with Crippen molar-refractivity contribution >= 4 is 33.5 Å². The summed E-state index contributed by atoms with van der Waals surface area (Å²) in [5.41, 5.74) is 8.85. The summed E-state index contributed by atoms with van der Waals surface area (Å²) in [6.07, 6.45) is 3.40. The first-order valence-corrected chi connectivity index (χ1v) is 7.31. The zero-order valence-electron chi connectivity index (χ0n) is 11.1. The average molecular weight is 365 g/mol. The van der Waals surface area contributed by atoms with Crippen LogP contribution in [0.25, 0.3) is 22.6 Å². The second-order valence-electron chi connectivity index (χ2n) is 4.53. The van der Waals surface area contributed by atoms with E-state index in [0.29, 0.717) is 16.5 Å². The lowest BCUT2D eigenvalue weighted by atomic mass is 10.1. The molecule has 1 aromatic carbocycles. The highest BCUT2D eigenvalue weighted by Crippen LogP contribution is 2.34. The Bertz CT molecular complexity index is 815. The fraction of sp³-hybridized carbons (Fsp3) is 0.0714. The smallest absolute Gasteiger partial charge is 0.220 e. The first kappa shape index (κ1) is 14.0. The highest BCUT2D eigenvalue weighted by atomic mass is 79.9. The highest BCUT2D eigenvalue weighted by Gasteiger charge is 2.15. The van der Waals surface area contributed by atoms with E-state index in [1.807, 2.05) is 25.1 Å². The molecular formula is C14H11BrClN5. The number of anilines is 1. The van der Waals surface area contributed by atoms with Gasteiger partial charge in [-0.05, 0) is 19.1 Å². The Balaban J connectivity index is 2.23. The van der Waals surface area contributed by atoms with Gasteiger partial charge in [0.15, 0.2) is 0 Å². The van der Waals surface area contributed by atoms with Gasteiger partial charge in [-0.25, -0.2) is 15.0 Å². The zero-order chi connectivity index (χ0) is 15.0. The summed E-state index contributed by atoms with van der Waals surface area (Å²) in [6, 6.07) is 5.59. The van der Waals surface area contributed by atoms with Crippen LogP contribution in [0.3, 0.4) is 0 Å². The molecule has 7 heteroatoms. The number of aryl methyl sites for hydroxylation is 1. The molecule has 5 nitrogen and oxygen atoms in total. The van der Waals surface area contributed by atoms with E-state index in [-0.39, 0.29) is 5.95 Å². The van der Waals surface area contributed by atoms with Gasteiger partial charge in [-0.2, -0.15) is 0 Å². The van der Waals surface area contributed by atoms with Gasteiger partial charge in [-0.1, -0.05) is 33.6 Å². The van der Waals surface area contributed by atoms with E-state index in [1.165, 1.54) is 0 Å². The van der Waals surface area contributed by atoms with E-state index in [1.54, 1.807) is 12.4 Å². The van der Waals surface area contributed by atoms with Crippen molar-refractivity contribution in [3.63, 3.8) is 0 Å². The lowest BCUT2D eigenvalue weighted by Gasteiger charge is -2.09. The fourth-order valence-corrected chi connectivity index (χ4v) is 2.77. The Labute approximate surface area is 134 Å². The van der Waals surface area contributed by atoms with Crippen molar-refractivity contribution in [2.75, 3.05) is 5.73 Å². The minimum Gasteiger partial charge on any atom is -0.368 e. The number of nitrogens with zero attached hydrogens (tertiary/aromatic N) is 3. The monoisotopic (exact) mass is 363 g/mol. The summed E-state index contributed by atoms with van der Waals surface area (Å²) in [5.74, 6) is 0.873. The number of aromatic amines is 1. The molecule has 106 valence electrons. The van der Waals surface area contributed by atoms with Crippen LogP contribution in [0.1, 0.15) is 5.69 Å². The maximum Gasteiger partial charge on any atom is 0.220 e. The number of benzene rings is 1. The van der Waals surface area contributed by atoms with Crippen LogP contribution in [-0.4, -0.2) is 19.9 Å². The van der Waals surface area contributed by atoms with E-state index in [9.17, 15) is 0 Å². The number of hydrogen-bond acceptors (Lipinski definition) is 4. The largest absolute Gasteiger partial charge is 0.368 e. The van der Waals surface area contributed by atoms with Crippen LogP contribution in [0.2, 0.25) is 5.02 Å². The molecule has 2 heterocycles. The summed E-state index contributed by atoms with van der Waals surface area (Å²) in [4.78, 5) is 15.9. The normalized spacial score (nSPS) is 10.8. The van der Waals surface area contributed by atoms with Gasteiger partial charge in [0.25, 0.3) is 0 Å². The van der Waals surface area contributed by atoms with Gasteiger partial charge < -0.3 is 10.7 Å². The van der Waals surface area contributed by atoms with Crippen LogP contribution in [0, 0.1) is 6.92 Å². The molecule has 2 aromatic heterocycles. The number of H-pyrrole nitrogens is 1. The zero-order valence-corrected chi connectivity index (χ0v) is 13.4. The number of halogens is 2. The van der Waals surface area contributed by atoms with Crippen LogP contribution in [-0.2, 0) is 0 Å². The third-order valence-corrected chi connectivity index (χ3v) is 3.76. The number of nitrogen functional groups attached to an aromatic ring is 1. The minimum atomic E-state index is 0.191. The van der Waals surface area contributed by atoms with Gasteiger partial charge in [0.05, 0.1) is 16.3 Å². The molecule has 3 aromatic rings. The van der Waals surface area contributed by atoms with E-state index >= 15 is 0 Å². The number of rotatable bonds is 2. The topological polar surface area (TPSA) is 80.5 Å². The van der Waals surface area contributed by atoms with Crippen molar-refractivity contribution in [1.82, 2.24) is 19.9 Å². The Morgan fingerprint density at radius 1 is 1.19 bits per heavy atom. The van der Waals surface area contributed by atoms with Crippen LogP contribution < -0.4 is 5.73 Å². The molecule has 0 saturated heterocycles. The first-order chi connectivity index (χ1) is 10.0. The Morgan fingerprint density at radius 3 is 2.67 bits per heavy atom. The third-order valence-electron chi connectivity index (χ3n) is 2.95. The lowest BCUT2D eigenvalue weighted by Crippen LogP contribution is -1.99. The second kappa shape index (κ2) is 5.46. The van der Waals surface area contributed by atoms with Gasteiger partial charge in [0, 0.05) is 28.1 Å². The summed E-state index contributed by atoms with van der Waals surface area (Å²) in [7, 11) is 0. The predicted molar refractivity (Wildman–Crippen MR) is 86.9 cm³/mol. The average Bonchev–Trinajstić information content (AvgIpc) is 2.85. The SMILES string of the molecule is Cc1cnc(-c2cnc(N)nc2-c2ccc(Br)cc2Cl)[nH]1. The molecule has 21 heavy (non-hydrogen) atoms. The van der Waals surface area contributed by atoms with E-state index in [4.69, 9.17) is 17.3 Å². The molecule has 0 bridgehead atoms. The van der Waals surface area contributed by atoms with E-state index < -0.39 is 0 Å². The lowest BCUT2D eigenvalue weighted by molar-refractivity contribution is 1.16. The molecule has 0 aliphatic heterocycles. The number of imidazole rings is 1. The molecule has 0 saturated carbocycles. The Kier molecular flexibility index (Phi) is 3.65. The van der Waals surface area contributed by atoms with Crippen molar-refractivity contribution in [2.24, 2.45) is 0 Å².